The Morgan fingerprint density at radius 3 is 2.80 bits per heavy atom. The number of aromatic nitrogens is 3. The van der Waals surface area contributed by atoms with Crippen LogP contribution in [0.5, 0.6) is 0 Å². The Balaban J connectivity index is 1.92. The SMILES string of the molecule is CC1=Nn2c(Cc3ccccc3)nnc2SC1C(=O)O. The van der Waals surface area contributed by atoms with E-state index in [2.05, 4.69) is 15.3 Å². The monoisotopic (exact) mass is 288 g/mol. The molecule has 1 aliphatic rings. The third-order valence-electron chi connectivity index (χ3n) is 2.97. The molecule has 1 atom stereocenters. The Hall–Kier alpha value is -2.15. The Morgan fingerprint density at radius 1 is 1.35 bits per heavy atom. The smallest absolute Gasteiger partial charge is 0.322 e. The van der Waals surface area contributed by atoms with Crippen LogP contribution < -0.4 is 0 Å². The molecule has 0 radical (unpaired) electrons. The molecule has 102 valence electrons. The summed E-state index contributed by atoms with van der Waals surface area (Å²) in [7, 11) is 0. The van der Waals surface area contributed by atoms with Crippen LogP contribution in [0.4, 0.5) is 0 Å². The molecule has 1 aliphatic heterocycles. The van der Waals surface area contributed by atoms with Gasteiger partial charge < -0.3 is 5.11 Å². The van der Waals surface area contributed by atoms with E-state index in [0.29, 0.717) is 23.1 Å². The lowest BCUT2D eigenvalue weighted by atomic mass is 10.1. The van der Waals surface area contributed by atoms with Gasteiger partial charge in [0.25, 0.3) is 0 Å². The lowest BCUT2D eigenvalue weighted by molar-refractivity contribution is -0.135. The molecule has 0 saturated carbocycles. The molecule has 2 aromatic rings. The summed E-state index contributed by atoms with van der Waals surface area (Å²) in [6.45, 7) is 1.71. The first-order valence-corrected chi connectivity index (χ1v) is 6.96. The van der Waals surface area contributed by atoms with Crippen molar-refractivity contribution in [3.05, 3.63) is 41.7 Å². The maximum Gasteiger partial charge on any atom is 0.322 e. The number of hydrogen-bond acceptors (Lipinski definition) is 5. The number of rotatable bonds is 3. The summed E-state index contributed by atoms with van der Waals surface area (Å²) in [5, 5.41) is 21.4. The third kappa shape index (κ3) is 2.32. The molecule has 20 heavy (non-hydrogen) atoms. The van der Waals surface area contributed by atoms with E-state index in [1.54, 1.807) is 11.6 Å². The molecule has 3 rings (SSSR count). The first-order valence-electron chi connectivity index (χ1n) is 6.08. The Morgan fingerprint density at radius 2 is 2.10 bits per heavy atom. The minimum absolute atomic E-state index is 0.522. The van der Waals surface area contributed by atoms with Gasteiger partial charge in [-0.15, -0.1) is 10.2 Å². The van der Waals surface area contributed by atoms with Crippen LogP contribution in [0.2, 0.25) is 0 Å². The fourth-order valence-electron chi connectivity index (χ4n) is 1.99. The highest BCUT2D eigenvalue weighted by molar-refractivity contribution is 8.01. The number of carboxylic acid groups (broad SMARTS) is 1. The van der Waals surface area contributed by atoms with E-state index in [-0.39, 0.29) is 0 Å². The van der Waals surface area contributed by atoms with Crippen molar-refractivity contribution in [2.24, 2.45) is 5.10 Å². The van der Waals surface area contributed by atoms with Crippen molar-refractivity contribution in [1.29, 1.82) is 0 Å². The molecule has 6 nitrogen and oxygen atoms in total. The number of fused-ring (bicyclic) bond motifs is 1. The second-order valence-corrected chi connectivity index (χ2v) is 5.52. The molecule has 2 heterocycles. The summed E-state index contributed by atoms with van der Waals surface area (Å²) in [6, 6.07) is 9.90. The van der Waals surface area contributed by atoms with Crippen molar-refractivity contribution < 1.29 is 9.90 Å². The van der Waals surface area contributed by atoms with E-state index in [4.69, 9.17) is 5.11 Å². The summed E-state index contributed by atoms with van der Waals surface area (Å²) in [6.07, 6.45) is 0.614. The molecular formula is C13H12N4O2S. The van der Waals surface area contributed by atoms with Gasteiger partial charge in [0, 0.05) is 6.42 Å². The first kappa shape index (κ1) is 12.9. The topological polar surface area (TPSA) is 80.4 Å². The van der Waals surface area contributed by atoms with Crippen LogP contribution in [-0.2, 0) is 11.2 Å². The highest BCUT2D eigenvalue weighted by Crippen LogP contribution is 2.28. The largest absolute Gasteiger partial charge is 0.480 e. The van der Waals surface area contributed by atoms with Gasteiger partial charge in [-0.3, -0.25) is 4.79 Å². The van der Waals surface area contributed by atoms with E-state index in [1.807, 2.05) is 30.3 Å². The number of carboxylic acids is 1. The first-order chi connectivity index (χ1) is 9.65. The third-order valence-corrected chi connectivity index (χ3v) is 4.21. The van der Waals surface area contributed by atoms with Gasteiger partial charge in [-0.2, -0.15) is 9.78 Å². The van der Waals surface area contributed by atoms with Crippen LogP contribution >= 0.6 is 11.8 Å². The summed E-state index contributed by atoms with van der Waals surface area (Å²) in [5.41, 5.74) is 1.66. The summed E-state index contributed by atoms with van der Waals surface area (Å²) >= 11 is 1.16. The van der Waals surface area contributed by atoms with Crippen molar-refractivity contribution in [2.45, 2.75) is 23.8 Å². The Labute approximate surface area is 119 Å². The molecule has 0 amide bonds. The number of carbonyl (C=O) groups is 1. The van der Waals surface area contributed by atoms with E-state index in [1.165, 1.54) is 0 Å². The fourth-order valence-corrected chi connectivity index (χ4v) is 2.85. The van der Waals surface area contributed by atoms with E-state index in [0.717, 1.165) is 17.3 Å². The maximum atomic E-state index is 11.1. The maximum absolute atomic E-state index is 11.1. The molecule has 1 unspecified atom stereocenters. The molecule has 1 aromatic heterocycles. The zero-order valence-electron chi connectivity index (χ0n) is 10.7. The molecule has 7 heteroatoms. The molecule has 0 fully saturated rings. The summed E-state index contributed by atoms with van der Waals surface area (Å²) in [5.74, 6) is -0.197. The minimum Gasteiger partial charge on any atom is -0.480 e. The molecule has 1 aromatic carbocycles. The molecule has 0 spiro atoms. The van der Waals surface area contributed by atoms with Gasteiger partial charge in [0.05, 0.1) is 5.71 Å². The zero-order chi connectivity index (χ0) is 14.1. The van der Waals surface area contributed by atoms with Crippen molar-refractivity contribution in [1.82, 2.24) is 14.9 Å². The lowest BCUT2D eigenvalue weighted by Crippen LogP contribution is -2.28. The molecule has 1 N–H and O–H groups in total. The average Bonchev–Trinajstić information content (AvgIpc) is 2.81. The molecule has 0 aliphatic carbocycles. The molecule has 0 saturated heterocycles. The summed E-state index contributed by atoms with van der Waals surface area (Å²) in [4.78, 5) is 11.1. The van der Waals surface area contributed by atoms with Gasteiger partial charge in [0.15, 0.2) is 5.82 Å². The van der Waals surface area contributed by atoms with Crippen LogP contribution in [-0.4, -0.2) is 36.9 Å². The van der Waals surface area contributed by atoms with Crippen LogP contribution in [0.1, 0.15) is 18.3 Å². The van der Waals surface area contributed by atoms with Gasteiger partial charge in [-0.1, -0.05) is 42.1 Å². The predicted octanol–water partition coefficient (Wildman–Crippen LogP) is 1.65. The number of thioether (sulfide) groups is 1. The number of benzene rings is 1. The van der Waals surface area contributed by atoms with Crippen LogP contribution in [0, 0.1) is 0 Å². The Bertz CT molecular complexity index is 681. The highest BCUT2D eigenvalue weighted by atomic mass is 32.2. The van der Waals surface area contributed by atoms with Crippen LogP contribution in [0.3, 0.4) is 0 Å². The van der Waals surface area contributed by atoms with Gasteiger partial charge >= 0.3 is 5.97 Å². The fraction of sp³-hybridized carbons (Fsp3) is 0.231. The van der Waals surface area contributed by atoms with E-state index in [9.17, 15) is 4.79 Å². The normalized spacial score (nSPS) is 17.4. The number of aliphatic carboxylic acids is 1. The predicted molar refractivity (Wildman–Crippen MR) is 75.1 cm³/mol. The number of hydrogen-bond donors (Lipinski definition) is 1. The second kappa shape index (κ2) is 5.09. The standard InChI is InChI=1S/C13H12N4O2S/c1-8-11(12(18)19)20-13-15-14-10(17(13)16-8)7-9-5-3-2-4-6-9/h2-6,11H,7H2,1H3,(H,18,19). The number of nitrogens with zero attached hydrogens (tertiary/aromatic N) is 4. The van der Waals surface area contributed by atoms with E-state index >= 15 is 0 Å². The lowest BCUT2D eigenvalue weighted by Gasteiger charge is -2.17. The van der Waals surface area contributed by atoms with Crippen molar-refractivity contribution in [3.8, 4) is 0 Å². The average molecular weight is 288 g/mol. The van der Waals surface area contributed by atoms with Crippen molar-refractivity contribution in [2.75, 3.05) is 0 Å². The van der Waals surface area contributed by atoms with E-state index < -0.39 is 11.2 Å². The van der Waals surface area contributed by atoms with Gasteiger partial charge in [0.2, 0.25) is 5.16 Å². The van der Waals surface area contributed by atoms with Crippen molar-refractivity contribution >= 4 is 23.4 Å². The zero-order valence-corrected chi connectivity index (χ0v) is 11.5. The highest BCUT2D eigenvalue weighted by Gasteiger charge is 2.30. The minimum atomic E-state index is -0.907. The van der Waals surface area contributed by atoms with Gasteiger partial charge in [-0.05, 0) is 12.5 Å². The second-order valence-electron chi connectivity index (χ2n) is 4.45. The van der Waals surface area contributed by atoms with Gasteiger partial charge in [0.1, 0.15) is 5.25 Å². The van der Waals surface area contributed by atoms with Crippen molar-refractivity contribution in [3.63, 3.8) is 0 Å². The van der Waals surface area contributed by atoms with Crippen LogP contribution in [0.25, 0.3) is 0 Å². The quantitative estimate of drug-likeness (QED) is 0.929. The van der Waals surface area contributed by atoms with Crippen LogP contribution in [0.15, 0.2) is 40.6 Å². The van der Waals surface area contributed by atoms with Gasteiger partial charge in [-0.25, -0.2) is 0 Å². The Kier molecular flexibility index (Phi) is 3.27. The molecular weight excluding hydrogens is 276 g/mol. The summed E-state index contributed by atoms with van der Waals surface area (Å²) < 4.78 is 1.63. The molecule has 0 bridgehead atoms.